The van der Waals surface area contributed by atoms with Gasteiger partial charge in [0.2, 0.25) is 5.88 Å². The summed E-state index contributed by atoms with van der Waals surface area (Å²) in [6, 6.07) is 3.74. The number of hydrogen-bond donors (Lipinski definition) is 0. The molecule has 3 heterocycles. The SMILES string of the molecule is CC(C)Oc1nc(-c2ccncc2)nc2c1CN(C(=O)OC(C)(C)C)CC2. The van der Waals surface area contributed by atoms with E-state index in [1.54, 1.807) is 17.3 Å². The fourth-order valence-corrected chi connectivity index (χ4v) is 2.82. The van der Waals surface area contributed by atoms with Crippen LogP contribution in [0.25, 0.3) is 11.4 Å². The van der Waals surface area contributed by atoms with E-state index in [1.807, 2.05) is 46.8 Å². The van der Waals surface area contributed by atoms with Crippen LogP contribution in [0.4, 0.5) is 4.79 Å². The van der Waals surface area contributed by atoms with E-state index in [9.17, 15) is 4.79 Å². The molecule has 0 bridgehead atoms. The van der Waals surface area contributed by atoms with Gasteiger partial charge in [0.15, 0.2) is 5.82 Å². The third kappa shape index (κ3) is 4.72. The van der Waals surface area contributed by atoms with Crippen molar-refractivity contribution in [2.75, 3.05) is 6.54 Å². The van der Waals surface area contributed by atoms with Crippen LogP contribution in [0.1, 0.15) is 45.9 Å². The van der Waals surface area contributed by atoms with Crippen molar-refractivity contribution in [3.63, 3.8) is 0 Å². The number of aromatic nitrogens is 3. The fourth-order valence-electron chi connectivity index (χ4n) is 2.82. The van der Waals surface area contributed by atoms with Crippen LogP contribution in [0.15, 0.2) is 24.5 Å². The van der Waals surface area contributed by atoms with E-state index in [1.165, 1.54) is 0 Å². The molecule has 0 unspecified atom stereocenters. The van der Waals surface area contributed by atoms with Gasteiger partial charge >= 0.3 is 6.09 Å². The van der Waals surface area contributed by atoms with Gasteiger partial charge in [-0.2, -0.15) is 4.98 Å². The van der Waals surface area contributed by atoms with Crippen molar-refractivity contribution in [2.45, 2.75) is 59.3 Å². The second-order valence-corrected chi connectivity index (χ2v) is 7.83. The second kappa shape index (κ2) is 7.50. The highest BCUT2D eigenvalue weighted by Crippen LogP contribution is 2.30. The normalized spacial score (nSPS) is 14.1. The molecular weight excluding hydrogens is 344 g/mol. The summed E-state index contributed by atoms with van der Waals surface area (Å²) in [6.07, 6.45) is 3.69. The highest BCUT2D eigenvalue weighted by Gasteiger charge is 2.29. The summed E-state index contributed by atoms with van der Waals surface area (Å²) in [6.45, 7) is 10.4. The first-order chi connectivity index (χ1) is 12.7. The van der Waals surface area contributed by atoms with Gasteiger partial charge in [-0.15, -0.1) is 0 Å². The van der Waals surface area contributed by atoms with Gasteiger partial charge in [0.25, 0.3) is 0 Å². The van der Waals surface area contributed by atoms with Crippen LogP contribution < -0.4 is 4.74 Å². The van der Waals surface area contributed by atoms with Crippen LogP contribution in [0.5, 0.6) is 5.88 Å². The molecule has 7 nitrogen and oxygen atoms in total. The summed E-state index contributed by atoms with van der Waals surface area (Å²) in [5.74, 6) is 1.13. The number of pyridine rings is 1. The van der Waals surface area contributed by atoms with Crippen molar-refractivity contribution in [3.8, 4) is 17.3 Å². The lowest BCUT2D eigenvalue weighted by molar-refractivity contribution is 0.0220. The van der Waals surface area contributed by atoms with Gasteiger partial charge in [-0.05, 0) is 46.8 Å². The van der Waals surface area contributed by atoms with Crippen molar-refractivity contribution in [1.82, 2.24) is 19.9 Å². The smallest absolute Gasteiger partial charge is 0.410 e. The summed E-state index contributed by atoms with van der Waals surface area (Å²) in [5.41, 5.74) is 2.11. The first-order valence-electron chi connectivity index (χ1n) is 9.17. The Morgan fingerprint density at radius 3 is 2.52 bits per heavy atom. The predicted molar refractivity (Wildman–Crippen MR) is 101 cm³/mol. The van der Waals surface area contributed by atoms with Crippen LogP contribution in [0, 0.1) is 0 Å². The molecule has 27 heavy (non-hydrogen) atoms. The zero-order valence-electron chi connectivity index (χ0n) is 16.5. The first kappa shape index (κ1) is 19.1. The van der Waals surface area contributed by atoms with Crippen molar-refractivity contribution in [2.24, 2.45) is 0 Å². The minimum Gasteiger partial charge on any atom is -0.475 e. The predicted octanol–water partition coefficient (Wildman–Crippen LogP) is 3.62. The average molecular weight is 370 g/mol. The fraction of sp³-hybridized carbons (Fsp3) is 0.500. The van der Waals surface area contributed by atoms with E-state index in [0.29, 0.717) is 31.2 Å². The van der Waals surface area contributed by atoms with Crippen molar-refractivity contribution < 1.29 is 14.3 Å². The zero-order chi connectivity index (χ0) is 19.6. The standard InChI is InChI=1S/C20H26N4O3/c1-13(2)26-18-15-12-24(19(25)27-20(3,4)5)11-8-16(15)22-17(23-18)14-6-9-21-10-7-14/h6-7,9-10,13H,8,11-12H2,1-5H3. The Kier molecular flexibility index (Phi) is 5.30. The largest absolute Gasteiger partial charge is 0.475 e. The molecule has 7 heteroatoms. The molecule has 0 saturated heterocycles. The van der Waals surface area contributed by atoms with Gasteiger partial charge < -0.3 is 14.4 Å². The highest BCUT2D eigenvalue weighted by molar-refractivity contribution is 5.69. The zero-order valence-corrected chi connectivity index (χ0v) is 16.5. The molecule has 144 valence electrons. The maximum Gasteiger partial charge on any atom is 0.410 e. The molecule has 1 aliphatic rings. The summed E-state index contributed by atoms with van der Waals surface area (Å²) in [4.78, 5) is 27.5. The third-order valence-corrected chi connectivity index (χ3v) is 3.96. The molecule has 0 aromatic carbocycles. The lowest BCUT2D eigenvalue weighted by Gasteiger charge is -2.31. The summed E-state index contributed by atoms with van der Waals surface area (Å²) in [7, 11) is 0. The Morgan fingerprint density at radius 2 is 1.89 bits per heavy atom. The molecule has 0 N–H and O–H groups in total. The summed E-state index contributed by atoms with van der Waals surface area (Å²) >= 11 is 0. The van der Waals surface area contributed by atoms with Gasteiger partial charge in [-0.3, -0.25) is 4.98 Å². The van der Waals surface area contributed by atoms with E-state index < -0.39 is 5.60 Å². The maximum atomic E-state index is 12.5. The van der Waals surface area contributed by atoms with Gasteiger partial charge in [-0.25, -0.2) is 9.78 Å². The average Bonchev–Trinajstić information content (AvgIpc) is 2.60. The maximum absolute atomic E-state index is 12.5. The number of carbonyl (C=O) groups excluding carboxylic acids is 1. The lowest BCUT2D eigenvalue weighted by Crippen LogP contribution is -2.40. The van der Waals surface area contributed by atoms with Gasteiger partial charge in [-0.1, -0.05) is 0 Å². The molecule has 1 amide bonds. The van der Waals surface area contributed by atoms with E-state index >= 15 is 0 Å². The van der Waals surface area contributed by atoms with Crippen molar-refractivity contribution >= 4 is 6.09 Å². The van der Waals surface area contributed by atoms with Crippen molar-refractivity contribution in [1.29, 1.82) is 0 Å². The molecule has 0 atom stereocenters. The molecule has 2 aromatic heterocycles. The highest BCUT2D eigenvalue weighted by atomic mass is 16.6. The molecule has 3 rings (SSSR count). The molecule has 0 saturated carbocycles. The van der Waals surface area contributed by atoms with E-state index in [2.05, 4.69) is 9.97 Å². The molecule has 0 aliphatic carbocycles. The Bertz CT molecular complexity index is 816. The number of carbonyl (C=O) groups is 1. The Morgan fingerprint density at radius 1 is 1.19 bits per heavy atom. The molecular formula is C20H26N4O3. The van der Waals surface area contributed by atoms with E-state index in [0.717, 1.165) is 16.8 Å². The Balaban J connectivity index is 1.94. The second-order valence-electron chi connectivity index (χ2n) is 7.83. The molecule has 1 aliphatic heterocycles. The van der Waals surface area contributed by atoms with Crippen LogP contribution in [-0.4, -0.2) is 44.2 Å². The Hall–Kier alpha value is -2.70. The molecule has 0 spiro atoms. The third-order valence-electron chi connectivity index (χ3n) is 3.96. The van der Waals surface area contributed by atoms with E-state index in [-0.39, 0.29) is 12.2 Å². The number of nitrogens with zero attached hydrogens (tertiary/aromatic N) is 4. The Labute approximate surface area is 159 Å². The summed E-state index contributed by atoms with van der Waals surface area (Å²) < 4.78 is 11.5. The summed E-state index contributed by atoms with van der Waals surface area (Å²) in [5, 5.41) is 0. The quantitative estimate of drug-likeness (QED) is 0.821. The van der Waals surface area contributed by atoms with Gasteiger partial charge in [0.1, 0.15) is 5.60 Å². The number of amides is 1. The number of fused-ring (bicyclic) bond motifs is 1. The van der Waals surface area contributed by atoms with Crippen molar-refractivity contribution in [3.05, 3.63) is 35.8 Å². The lowest BCUT2D eigenvalue weighted by atomic mass is 10.1. The first-order valence-corrected chi connectivity index (χ1v) is 9.17. The van der Waals surface area contributed by atoms with Crippen LogP contribution >= 0.6 is 0 Å². The molecule has 2 aromatic rings. The van der Waals surface area contributed by atoms with E-state index in [4.69, 9.17) is 14.5 Å². The van der Waals surface area contributed by atoms with Crippen LogP contribution in [-0.2, 0) is 17.7 Å². The minimum absolute atomic E-state index is 0.0359. The topological polar surface area (TPSA) is 77.4 Å². The van der Waals surface area contributed by atoms with Gasteiger partial charge in [0.05, 0.1) is 23.9 Å². The number of hydrogen-bond acceptors (Lipinski definition) is 6. The van der Waals surface area contributed by atoms with Crippen LogP contribution in [0.3, 0.4) is 0 Å². The molecule has 0 radical (unpaired) electrons. The minimum atomic E-state index is -0.531. The monoisotopic (exact) mass is 370 g/mol. The molecule has 0 fully saturated rings. The van der Waals surface area contributed by atoms with Crippen LogP contribution in [0.2, 0.25) is 0 Å². The number of ether oxygens (including phenoxy) is 2. The number of rotatable bonds is 3. The van der Waals surface area contributed by atoms with Gasteiger partial charge in [0, 0.05) is 30.9 Å².